The number of piperidine rings is 1. The normalized spacial score (nSPS) is 21.3. The maximum Gasteiger partial charge on any atom is 0.0496 e. The number of likely N-dealkylation sites (tertiary alicyclic amines) is 1. The van der Waals surface area contributed by atoms with E-state index in [4.69, 9.17) is 5.73 Å². The first-order valence-electron chi connectivity index (χ1n) is 7.37. The quantitative estimate of drug-likeness (QED) is 0.908. The third kappa shape index (κ3) is 3.80. The predicted octanol–water partition coefficient (Wildman–Crippen LogP) is 3.96. The summed E-state index contributed by atoms with van der Waals surface area (Å²) in [6.07, 6.45) is 3.95. The molecule has 0 saturated carbocycles. The SMILES string of the molecule is CCC1CCN(C(c2ccc(Br)cc2)C(C)N)CC1. The van der Waals surface area contributed by atoms with Crippen molar-refractivity contribution in [3.63, 3.8) is 0 Å². The van der Waals surface area contributed by atoms with Crippen molar-refractivity contribution in [3.05, 3.63) is 34.3 Å². The lowest BCUT2D eigenvalue weighted by Gasteiger charge is -2.39. The third-order valence-electron chi connectivity index (χ3n) is 4.33. The van der Waals surface area contributed by atoms with E-state index in [2.05, 4.69) is 58.9 Å². The molecule has 106 valence electrons. The Labute approximate surface area is 125 Å². The van der Waals surface area contributed by atoms with Crippen LogP contribution in [0.3, 0.4) is 0 Å². The van der Waals surface area contributed by atoms with Crippen LogP contribution >= 0.6 is 15.9 Å². The Kier molecular flexibility index (Phi) is 5.43. The van der Waals surface area contributed by atoms with Crippen LogP contribution in [0.15, 0.2) is 28.7 Å². The van der Waals surface area contributed by atoms with Gasteiger partial charge < -0.3 is 5.73 Å². The van der Waals surface area contributed by atoms with E-state index in [0.717, 1.165) is 10.4 Å². The fourth-order valence-electron chi connectivity index (χ4n) is 3.15. The van der Waals surface area contributed by atoms with Crippen molar-refractivity contribution in [2.75, 3.05) is 13.1 Å². The lowest BCUT2D eigenvalue weighted by molar-refractivity contribution is 0.117. The summed E-state index contributed by atoms with van der Waals surface area (Å²) < 4.78 is 1.13. The van der Waals surface area contributed by atoms with Crippen LogP contribution < -0.4 is 5.73 Å². The molecular formula is C16H25BrN2. The Morgan fingerprint density at radius 2 is 1.84 bits per heavy atom. The zero-order chi connectivity index (χ0) is 13.8. The van der Waals surface area contributed by atoms with Gasteiger partial charge in [-0.2, -0.15) is 0 Å². The summed E-state index contributed by atoms with van der Waals surface area (Å²) in [5.74, 6) is 0.912. The van der Waals surface area contributed by atoms with Crippen LogP contribution in [0.4, 0.5) is 0 Å². The fraction of sp³-hybridized carbons (Fsp3) is 0.625. The average Bonchev–Trinajstić information content (AvgIpc) is 2.42. The molecule has 1 saturated heterocycles. The second-order valence-corrected chi connectivity index (χ2v) is 6.66. The number of rotatable bonds is 4. The summed E-state index contributed by atoms with van der Waals surface area (Å²) >= 11 is 3.50. The molecule has 0 aromatic heterocycles. The molecule has 2 atom stereocenters. The van der Waals surface area contributed by atoms with Crippen LogP contribution in [0.5, 0.6) is 0 Å². The minimum absolute atomic E-state index is 0.166. The van der Waals surface area contributed by atoms with Gasteiger partial charge in [0, 0.05) is 16.6 Å². The van der Waals surface area contributed by atoms with E-state index in [0.29, 0.717) is 6.04 Å². The molecule has 1 aliphatic rings. The zero-order valence-electron chi connectivity index (χ0n) is 12.0. The second kappa shape index (κ2) is 6.87. The lowest BCUT2D eigenvalue weighted by atomic mass is 9.91. The first-order valence-corrected chi connectivity index (χ1v) is 8.16. The van der Waals surface area contributed by atoms with E-state index >= 15 is 0 Å². The minimum atomic E-state index is 0.166. The molecule has 19 heavy (non-hydrogen) atoms. The summed E-state index contributed by atoms with van der Waals surface area (Å²) in [6.45, 7) is 6.79. The summed E-state index contributed by atoms with van der Waals surface area (Å²) in [5, 5.41) is 0. The molecule has 2 N–H and O–H groups in total. The largest absolute Gasteiger partial charge is 0.326 e. The van der Waals surface area contributed by atoms with Gasteiger partial charge in [-0.15, -0.1) is 0 Å². The maximum absolute atomic E-state index is 6.25. The molecule has 2 rings (SSSR count). The molecule has 1 fully saturated rings. The van der Waals surface area contributed by atoms with Crippen molar-refractivity contribution in [1.82, 2.24) is 4.90 Å². The monoisotopic (exact) mass is 324 g/mol. The van der Waals surface area contributed by atoms with Crippen molar-refractivity contribution in [2.45, 2.75) is 45.2 Å². The van der Waals surface area contributed by atoms with E-state index in [1.165, 1.54) is 37.9 Å². The fourth-order valence-corrected chi connectivity index (χ4v) is 3.41. The van der Waals surface area contributed by atoms with Crippen molar-refractivity contribution in [3.8, 4) is 0 Å². The second-order valence-electron chi connectivity index (χ2n) is 5.74. The molecule has 0 bridgehead atoms. The maximum atomic E-state index is 6.25. The number of hydrogen-bond acceptors (Lipinski definition) is 2. The standard InChI is InChI=1S/C16H25BrN2/c1-3-13-8-10-19(11-9-13)16(12(2)18)14-4-6-15(17)7-5-14/h4-7,12-13,16H,3,8-11,18H2,1-2H3. The van der Waals surface area contributed by atoms with E-state index in [1.54, 1.807) is 0 Å². The van der Waals surface area contributed by atoms with Crippen molar-refractivity contribution >= 4 is 15.9 Å². The van der Waals surface area contributed by atoms with Crippen LogP contribution in [-0.2, 0) is 0 Å². The van der Waals surface area contributed by atoms with Gasteiger partial charge in [-0.25, -0.2) is 0 Å². The molecule has 1 aromatic carbocycles. The van der Waals surface area contributed by atoms with E-state index in [9.17, 15) is 0 Å². The van der Waals surface area contributed by atoms with Gasteiger partial charge in [0.1, 0.15) is 0 Å². The van der Waals surface area contributed by atoms with Gasteiger partial charge in [-0.3, -0.25) is 4.90 Å². The van der Waals surface area contributed by atoms with Crippen molar-refractivity contribution in [1.29, 1.82) is 0 Å². The van der Waals surface area contributed by atoms with Gasteiger partial charge >= 0.3 is 0 Å². The molecule has 1 heterocycles. The number of hydrogen-bond donors (Lipinski definition) is 1. The minimum Gasteiger partial charge on any atom is -0.326 e. The highest BCUT2D eigenvalue weighted by Gasteiger charge is 2.27. The molecule has 0 amide bonds. The van der Waals surface area contributed by atoms with Gasteiger partial charge in [0.2, 0.25) is 0 Å². The molecule has 1 aromatic rings. The molecule has 3 heteroatoms. The van der Waals surface area contributed by atoms with Crippen molar-refractivity contribution in [2.24, 2.45) is 11.7 Å². The highest BCUT2D eigenvalue weighted by molar-refractivity contribution is 9.10. The highest BCUT2D eigenvalue weighted by Crippen LogP contribution is 2.30. The van der Waals surface area contributed by atoms with Gasteiger partial charge in [0.05, 0.1) is 0 Å². The molecule has 0 aliphatic carbocycles. The molecule has 1 aliphatic heterocycles. The van der Waals surface area contributed by atoms with E-state index in [-0.39, 0.29) is 6.04 Å². The summed E-state index contributed by atoms with van der Waals surface area (Å²) in [4.78, 5) is 2.57. The van der Waals surface area contributed by atoms with E-state index < -0.39 is 0 Å². The average molecular weight is 325 g/mol. The Balaban J connectivity index is 2.10. The number of benzene rings is 1. The Morgan fingerprint density at radius 1 is 1.26 bits per heavy atom. The van der Waals surface area contributed by atoms with Crippen molar-refractivity contribution < 1.29 is 0 Å². The predicted molar refractivity (Wildman–Crippen MR) is 85.1 cm³/mol. The van der Waals surface area contributed by atoms with E-state index in [1.807, 2.05) is 0 Å². The zero-order valence-corrected chi connectivity index (χ0v) is 13.6. The number of nitrogens with zero attached hydrogens (tertiary/aromatic N) is 1. The summed E-state index contributed by atoms with van der Waals surface area (Å²) in [5.41, 5.74) is 7.59. The highest BCUT2D eigenvalue weighted by atomic mass is 79.9. The Bertz CT molecular complexity index is 380. The van der Waals surface area contributed by atoms with Gasteiger partial charge in [0.15, 0.2) is 0 Å². The Morgan fingerprint density at radius 3 is 2.32 bits per heavy atom. The third-order valence-corrected chi connectivity index (χ3v) is 4.86. The number of halogens is 1. The summed E-state index contributed by atoms with van der Waals surface area (Å²) in [6, 6.07) is 9.14. The molecule has 2 unspecified atom stereocenters. The van der Waals surface area contributed by atoms with Gasteiger partial charge in [0.25, 0.3) is 0 Å². The number of nitrogens with two attached hydrogens (primary N) is 1. The molecule has 0 radical (unpaired) electrons. The smallest absolute Gasteiger partial charge is 0.0496 e. The van der Waals surface area contributed by atoms with Gasteiger partial charge in [-0.05, 0) is 56.5 Å². The first kappa shape index (κ1) is 15.0. The van der Waals surface area contributed by atoms with Crippen LogP contribution in [0.1, 0.15) is 44.7 Å². The van der Waals surface area contributed by atoms with Crippen LogP contribution in [0, 0.1) is 5.92 Å². The lowest BCUT2D eigenvalue weighted by Crippen LogP contribution is -2.43. The van der Waals surface area contributed by atoms with Gasteiger partial charge in [-0.1, -0.05) is 41.4 Å². The first-order chi connectivity index (χ1) is 9.11. The molecular weight excluding hydrogens is 300 g/mol. The van der Waals surface area contributed by atoms with Crippen LogP contribution in [0.2, 0.25) is 0 Å². The molecule has 0 spiro atoms. The topological polar surface area (TPSA) is 29.3 Å². The summed E-state index contributed by atoms with van der Waals surface area (Å²) in [7, 11) is 0. The van der Waals surface area contributed by atoms with Crippen LogP contribution in [0.25, 0.3) is 0 Å². The Hall–Kier alpha value is -0.380. The van der Waals surface area contributed by atoms with Crippen LogP contribution in [-0.4, -0.2) is 24.0 Å². The molecule has 2 nitrogen and oxygen atoms in total.